The van der Waals surface area contributed by atoms with E-state index in [0.29, 0.717) is 12.0 Å². The smallest absolute Gasteiger partial charge is 0.161 e. The maximum absolute atomic E-state index is 4.93. The van der Waals surface area contributed by atoms with Crippen LogP contribution in [0.15, 0.2) is 29.3 Å². The van der Waals surface area contributed by atoms with Gasteiger partial charge in [0.2, 0.25) is 0 Å². The lowest BCUT2D eigenvalue weighted by Gasteiger charge is -2.32. The minimum absolute atomic E-state index is 0.572. The molecule has 1 aromatic carbocycles. The molecule has 1 aliphatic carbocycles. The van der Waals surface area contributed by atoms with E-state index < -0.39 is 0 Å². The molecule has 2 nitrogen and oxygen atoms in total. The largest absolute Gasteiger partial charge is 0.335 e. The van der Waals surface area contributed by atoms with E-state index in [4.69, 9.17) is 4.99 Å². The van der Waals surface area contributed by atoms with Gasteiger partial charge in [0.25, 0.3) is 0 Å². The lowest BCUT2D eigenvalue weighted by Crippen LogP contribution is -2.31. The van der Waals surface area contributed by atoms with E-state index in [0.717, 1.165) is 16.8 Å². The summed E-state index contributed by atoms with van der Waals surface area (Å²) in [6.45, 7) is 4.46. The van der Waals surface area contributed by atoms with Gasteiger partial charge in [-0.3, -0.25) is 4.99 Å². The average molecular weight is 288 g/mol. The van der Waals surface area contributed by atoms with Gasteiger partial charge in [0, 0.05) is 11.4 Å². The second kappa shape index (κ2) is 6.21. The Balaban J connectivity index is 1.66. The minimum Gasteiger partial charge on any atom is -0.335 e. The van der Waals surface area contributed by atoms with Crippen LogP contribution in [-0.2, 0) is 0 Å². The Bertz CT molecular complexity index is 478. The molecular formula is C17H24N2S. The first kappa shape index (κ1) is 14.0. The molecule has 2 aliphatic rings. The summed E-state index contributed by atoms with van der Waals surface area (Å²) >= 11 is 1.89. The molecule has 1 aliphatic heterocycles. The Hall–Kier alpha value is -0.960. The molecule has 1 aromatic rings. The molecule has 20 heavy (non-hydrogen) atoms. The fourth-order valence-electron chi connectivity index (χ4n) is 3.07. The monoisotopic (exact) mass is 288 g/mol. The number of aliphatic imine (C=N–C) groups is 1. The number of nitrogens with zero attached hydrogens (tertiary/aromatic N) is 1. The molecule has 0 radical (unpaired) electrons. The van der Waals surface area contributed by atoms with Crippen LogP contribution in [0.1, 0.15) is 51.0 Å². The van der Waals surface area contributed by atoms with Crippen LogP contribution in [0.3, 0.4) is 0 Å². The Morgan fingerprint density at radius 3 is 2.65 bits per heavy atom. The normalized spacial score (nSPS) is 26.1. The van der Waals surface area contributed by atoms with Crippen LogP contribution >= 0.6 is 11.8 Å². The van der Waals surface area contributed by atoms with Gasteiger partial charge in [-0.2, -0.15) is 0 Å². The summed E-state index contributed by atoms with van der Waals surface area (Å²) in [6.07, 6.45) is 5.41. The summed E-state index contributed by atoms with van der Waals surface area (Å²) in [5.41, 5.74) is 2.55. The van der Waals surface area contributed by atoms with Crippen molar-refractivity contribution in [3.63, 3.8) is 0 Å². The van der Waals surface area contributed by atoms with Crippen LogP contribution in [0.5, 0.6) is 0 Å². The summed E-state index contributed by atoms with van der Waals surface area (Å²) in [7, 11) is 0. The van der Waals surface area contributed by atoms with E-state index in [9.17, 15) is 0 Å². The standard InChI is InChI=1S/C17H24N2S/c1-12(2)13-7-9-15(10-8-13)18-17-19-16-6-4-3-5-14(16)11-20-17/h7-10,12,14,16H,3-6,11H2,1-2H3,(H,18,19). The highest BCUT2D eigenvalue weighted by Crippen LogP contribution is 2.34. The summed E-state index contributed by atoms with van der Waals surface area (Å²) in [5, 5.41) is 4.61. The van der Waals surface area contributed by atoms with Gasteiger partial charge in [-0.1, -0.05) is 50.6 Å². The van der Waals surface area contributed by atoms with Crippen LogP contribution < -0.4 is 5.32 Å². The third-order valence-electron chi connectivity index (χ3n) is 4.41. The molecule has 108 valence electrons. The molecule has 0 aromatic heterocycles. The Labute approximate surface area is 126 Å². The molecule has 3 heteroatoms. The first-order valence-electron chi connectivity index (χ1n) is 7.80. The molecule has 1 saturated carbocycles. The Kier molecular flexibility index (Phi) is 4.35. The lowest BCUT2D eigenvalue weighted by atomic mass is 9.86. The van der Waals surface area contributed by atoms with Crippen molar-refractivity contribution >= 4 is 22.6 Å². The molecule has 0 saturated heterocycles. The van der Waals surface area contributed by atoms with Gasteiger partial charge in [-0.05, 0) is 42.4 Å². The van der Waals surface area contributed by atoms with Crippen molar-refractivity contribution in [1.82, 2.24) is 0 Å². The van der Waals surface area contributed by atoms with E-state index in [1.54, 1.807) is 0 Å². The third kappa shape index (κ3) is 3.20. The van der Waals surface area contributed by atoms with Gasteiger partial charge in [0.05, 0.1) is 6.04 Å². The highest BCUT2D eigenvalue weighted by atomic mass is 32.2. The maximum atomic E-state index is 4.93. The molecule has 3 rings (SSSR count). The number of amidine groups is 1. The Morgan fingerprint density at radius 1 is 1.15 bits per heavy atom. The molecule has 2 atom stereocenters. The summed E-state index contributed by atoms with van der Waals surface area (Å²) in [6, 6.07) is 9.34. The average Bonchev–Trinajstić information content (AvgIpc) is 2.48. The number of anilines is 1. The van der Waals surface area contributed by atoms with E-state index >= 15 is 0 Å². The zero-order valence-electron chi connectivity index (χ0n) is 12.4. The van der Waals surface area contributed by atoms with Gasteiger partial charge in [-0.25, -0.2) is 0 Å². The molecule has 0 spiro atoms. The predicted molar refractivity (Wildman–Crippen MR) is 89.8 cm³/mol. The predicted octanol–water partition coefficient (Wildman–Crippen LogP) is 4.88. The van der Waals surface area contributed by atoms with Crippen molar-refractivity contribution in [2.75, 3.05) is 11.1 Å². The molecule has 1 fully saturated rings. The third-order valence-corrected chi connectivity index (χ3v) is 5.49. The number of fused-ring (bicyclic) bond motifs is 1. The second-order valence-electron chi connectivity index (χ2n) is 6.26. The minimum atomic E-state index is 0.572. The molecule has 1 N–H and O–H groups in total. The van der Waals surface area contributed by atoms with Crippen molar-refractivity contribution < 1.29 is 0 Å². The molecule has 1 heterocycles. The van der Waals surface area contributed by atoms with Crippen molar-refractivity contribution in [2.45, 2.75) is 51.5 Å². The highest BCUT2D eigenvalue weighted by molar-refractivity contribution is 8.14. The van der Waals surface area contributed by atoms with Gasteiger partial charge in [-0.15, -0.1) is 0 Å². The number of hydrogen-bond donors (Lipinski definition) is 1. The number of nitrogens with one attached hydrogen (secondary N) is 1. The van der Waals surface area contributed by atoms with Crippen LogP contribution in [0.25, 0.3) is 0 Å². The van der Waals surface area contributed by atoms with Gasteiger partial charge in [0.15, 0.2) is 5.17 Å². The van der Waals surface area contributed by atoms with Gasteiger partial charge in [0.1, 0.15) is 0 Å². The van der Waals surface area contributed by atoms with Crippen LogP contribution in [0.4, 0.5) is 5.69 Å². The van der Waals surface area contributed by atoms with Crippen LogP contribution in [0.2, 0.25) is 0 Å². The summed E-state index contributed by atoms with van der Waals surface area (Å²) in [5.74, 6) is 2.65. The fraction of sp³-hybridized carbons (Fsp3) is 0.588. The van der Waals surface area contributed by atoms with Crippen molar-refractivity contribution in [3.8, 4) is 0 Å². The van der Waals surface area contributed by atoms with Gasteiger partial charge < -0.3 is 5.32 Å². The fourth-order valence-corrected chi connectivity index (χ4v) is 4.23. The Morgan fingerprint density at radius 2 is 1.90 bits per heavy atom. The lowest BCUT2D eigenvalue weighted by molar-refractivity contribution is 0.336. The summed E-state index contributed by atoms with van der Waals surface area (Å²) in [4.78, 5) is 4.93. The van der Waals surface area contributed by atoms with Gasteiger partial charge >= 0.3 is 0 Å². The van der Waals surface area contributed by atoms with Crippen LogP contribution in [0, 0.1) is 5.92 Å². The van der Waals surface area contributed by atoms with E-state index in [2.05, 4.69) is 43.4 Å². The van der Waals surface area contributed by atoms with E-state index in [1.807, 2.05) is 11.8 Å². The van der Waals surface area contributed by atoms with Crippen molar-refractivity contribution in [1.29, 1.82) is 0 Å². The topological polar surface area (TPSA) is 24.4 Å². The van der Waals surface area contributed by atoms with Crippen LogP contribution in [-0.4, -0.2) is 17.0 Å². The number of hydrogen-bond acceptors (Lipinski definition) is 3. The maximum Gasteiger partial charge on any atom is 0.161 e. The number of thioether (sulfide) groups is 1. The SMILES string of the molecule is CC(C)c1ccc(NC2=NC3CCCCC3CS2)cc1. The molecule has 0 bridgehead atoms. The molecule has 0 amide bonds. The van der Waals surface area contributed by atoms with Crippen molar-refractivity contribution in [2.24, 2.45) is 10.9 Å². The zero-order chi connectivity index (χ0) is 13.9. The molecule has 2 unspecified atom stereocenters. The zero-order valence-corrected chi connectivity index (χ0v) is 13.2. The van der Waals surface area contributed by atoms with E-state index in [-0.39, 0.29) is 0 Å². The quantitative estimate of drug-likeness (QED) is 0.838. The second-order valence-corrected chi connectivity index (χ2v) is 7.27. The number of rotatable bonds is 2. The molecular weight excluding hydrogens is 264 g/mol. The first-order valence-corrected chi connectivity index (χ1v) is 8.78. The summed E-state index contributed by atoms with van der Waals surface area (Å²) < 4.78 is 0. The highest BCUT2D eigenvalue weighted by Gasteiger charge is 2.29. The number of benzene rings is 1. The first-order chi connectivity index (χ1) is 9.72. The van der Waals surface area contributed by atoms with Crippen molar-refractivity contribution in [3.05, 3.63) is 29.8 Å². The van der Waals surface area contributed by atoms with E-state index in [1.165, 1.54) is 37.0 Å².